The van der Waals surface area contributed by atoms with E-state index in [1.54, 1.807) is 6.26 Å². The predicted molar refractivity (Wildman–Crippen MR) is 76.8 cm³/mol. The summed E-state index contributed by atoms with van der Waals surface area (Å²) in [5, 5.41) is 3.95. The van der Waals surface area contributed by atoms with Crippen molar-refractivity contribution in [2.75, 3.05) is 11.9 Å². The molecule has 0 aromatic carbocycles. The van der Waals surface area contributed by atoms with E-state index >= 15 is 0 Å². The molecule has 0 saturated heterocycles. The third-order valence-electron chi connectivity index (χ3n) is 3.62. The molecule has 0 atom stereocenters. The van der Waals surface area contributed by atoms with Gasteiger partial charge in [-0.15, -0.1) is 0 Å². The van der Waals surface area contributed by atoms with E-state index in [1.165, 1.54) is 0 Å². The number of nitrogens with one attached hydrogen (secondary N) is 1. The topological polar surface area (TPSA) is 42.2 Å². The monoisotopic (exact) mass is 315 g/mol. The van der Waals surface area contributed by atoms with Crippen LogP contribution < -0.4 is 5.32 Å². The lowest BCUT2D eigenvalue weighted by molar-refractivity contribution is -0.121. The summed E-state index contributed by atoms with van der Waals surface area (Å²) in [7, 11) is 0. The van der Waals surface area contributed by atoms with Crippen LogP contribution in [0.4, 0.5) is 0 Å². The maximum Gasteiger partial charge on any atom is 0.220 e. The fourth-order valence-electron chi connectivity index (χ4n) is 1.80. The van der Waals surface area contributed by atoms with Crippen LogP contribution >= 0.6 is 15.9 Å². The van der Waals surface area contributed by atoms with Gasteiger partial charge in [-0.25, -0.2) is 0 Å². The second kappa shape index (κ2) is 7.62. The summed E-state index contributed by atoms with van der Waals surface area (Å²) in [5.41, 5.74) is 0.181. The first-order valence-electron chi connectivity index (χ1n) is 6.51. The normalized spacial score (nSPS) is 11.5. The summed E-state index contributed by atoms with van der Waals surface area (Å²) in [5.74, 6) is 0.960. The van der Waals surface area contributed by atoms with Crippen molar-refractivity contribution in [2.45, 2.75) is 39.5 Å². The van der Waals surface area contributed by atoms with E-state index in [0.29, 0.717) is 12.8 Å². The van der Waals surface area contributed by atoms with Gasteiger partial charge in [0.1, 0.15) is 5.76 Å². The molecule has 1 amide bonds. The maximum absolute atomic E-state index is 11.8. The zero-order valence-corrected chi connectivity index (χ0v) is 12.8. The van der Waals surface area contributed by atoms with Gasteiger partial charge in [0.05, 0.1) is 6.26 Å². The highest BCUT2D eigenvalue weighted by Crippen LogP contribution is 2.27. The van der Waals surface area contributed by atoms with E-state index in [9.17, 15) is 4.79 Å². The van der Waals surface area contributed by atoms with E-state index in [4.69, 9.17) is 4.42 Å². The summed E-state index contributed by atoms with van der Waals surface area (Å²) >= 11 is 3.55. The minimum Gasteiger partial charge on any atom is -0.469 e. The third-order valence-corrected chi connectivity index (χ3v) is 4.81. The first-order valence-corrected chi connectivity index (χ1v) is 7.63. The molecule has 0 saturated carbocycles. The van der Waals surface area contributed by atoms with Gasteiger partial charge in [-0.2, -0.15) is 0 Å². The van der Waals surface area contributed by atoms with Gasteiger partial charge in [-0.1, -0.05) is 29.8 Å². The Hall–Kier alpha value is -0.770. The van der Waals surface area contributed by atoms with Crippen LogP contribution in [0, 0.1) is 5.41 Å². The van der Waals surface area contributed by atoms with E-state index in [0.717, 1.165) is 30.5 Å². The SMILES string of the molecule is CCC(CC)(CBr)CNC(=O)CCc1ccco1. The zero-order chi connectivity index (χ0) is 13.4. The number of amides is 1. The quantitative estimate of drug-likeness (QED) is 0.746. The van der Waals surface area contributed by atoms with Crippen molar-refractivity contribution in [2.24, 2.45) is 5.41 Å². The molecule has 0 aliphatic rings. The minimum atomic E-state index is 0.0959. The van der Waals surface area contributed by atoms with Crippen LogP contribution in [-0.4, -0.2) is 17.8 Å². The van der Waals surface area contributed by atoms with Gasteiger partial charge in [-0.3, -0.25) is 4.79 Å². The molecule has 0 aliphatic heterocycles. The van der Waals surface area contributed by atoms with Crippen LogP contribution in [0.3, 0.4) is 0 Å². The maximum atomic E-state index is 11.8. The summed E-state index contributed by atoms with van der Waals surface area (Å²) in [4.78, 5) is 11.8. The number of hydrogen-bond donors (Lipinski definition) is 1. The molecule has 1 heterocycles. The van der Waals surface area contributed by atoms with Crippen LogP contribution in [-0.2, 0) is 11.2 Å². The second-order valence-electron chi connectivity index (χ2n) is 4.70. The Morgan fingerprint density at radius 2 is 2.17 bits per heavy atom. The number of aryl methyl sites for hydroxylation is 1. The molecule has 1 aromatic rings. The molecule has 1 aromatic heterocycles. The minimum absolute atomic E-state index is 0.0959. The van der Waals surface area contributed by atoms with Gasteiger partial charge in [0, 0.05) is 24.7 Å². The highest BCUT2D eigenvalue weighted by Gasteiger charge is 2.25. The van der Waals surface area contributed by atoms with Crippen LogP contribution in [0.15, 0.2) is 22.8 Å². The van der Waals surface area contributed by atoms with Crippen molar-refractivity contribution in [1.82, 2.24) is 5.32 Å². The molecule has 0 spiro atoms. The number of furan rings is 1. The Kier molecular flexibility index (Phi) is 6.47. The Bertz CT molecular complexity index is 336. The average Bonchev–Trinajstić information content (AvgIpc) is 2.92. The van der Waals surface area contributed by atoms with Gasteiger partial charge in [0.2, 0.25) is 5.91 Å². The second-order valence-corrected chi connectivity index (χ2v) is 5.26. The van der Waals surface area contributed by atoms with Crippen molar-refractivity contribution in [1.29, 1.82) is 0 Å². The van der Waals surface area contributed by atoms with E-state index < -0.39 is 0 Å². The van der Waals surface area contributed by atoms with Gasteiger partial charge >= 0.3 is 0 Å². The number of halogens is 1. The van der Waals surface area contributed by atoms with E-state index in [1.807, 2.05) is 12.1 Å². The number of rotatable bonds is 8. The van der Waals surface area contributed by atoms with Gasteiger partial charge in [0.15, 0.2) is 0 Å². The molecule has 3 nitrogen and oxygen atoms in total. The molecule has 1 rings (SSSR count). The van der Waals surface area contributed by atoms with Crippen molar-refractivity contribution < 1.29 is 9.21 Å². The number of carbonyl (C=O) groups excluding carboxylic acids is 1. The Balaban J connectivity index is 2.32. The lowest BCUT2D eigenvalue weighted by atomic mass is 9.84. The molecular weight excluding hydrogens is 294 g/mol. The largest absolute Gasteiger partial charge is 0.469 e. The summed E-state index contributed by atoms with van der Waals surface area (Å²) in [6, 6.07) is 3.74. The van der Waals surface area contributed by atoms with Crippen LogP contribution in [0.5, 0.6) is 0 Å². The highest BCUT2D eigenvalue weighted by atomic mass is 79.9. The smallest absolute Gasteiger partial charge is 0.220 e. The molecular formula is C14H22BrNO2. The molecule has 0 fully saturated rings. The van der Waals surface area contributed by atoms with Gasteiger partial charge < -0.3 is 9.73 Å². The average molecular weight is 316 g/mol. The standard InChI is InChI=1S/C14H22BrNO2/c1-3-14(4-2,10-15)11-16-13(17)8-7-12-6-5-9-18-12/h5-6,9H,3-4,7-8,10-11H2,1-2H3,(H,16,17). The zero-order valence-electron chi connectivity index (χ0n) is 11.2. The van der Waals surface area contributed by atoms with Gasteiger partial charge in [-0.05, 0) is 30.4 Å². The molecule has 0 bridgehead atoms. The fraction of sp³-hybridized carbons (Fsp3) is 0.643. The molecule has 4 heteroatoms. The summed E-state index contributed by atoms with van der Waals surface area (Å²) in [6.45, 7) is 5.07. The first kappa shape index (κ1) is 15.3. The fourth-order valence-corrected chi connectivity index (χ4v) is 2.79. The van der Waals surface area contributed by atoms with Gasteiger partial charge in [0.25, 0.3) is 0 Å². The first-order chi connectivity index (χ1) is 8.65. The highest BCUT2D eigenvalue weighted by molar-refractivity contribution is 9.09. The molecule has 102 valence electrons. The lowest BCUT2D eigenvalue weighted by Gasteiger charge is -2.29. The van der Waals surface area contributed by atoms with Crippen molar-refractivity contribution in [3.05, 3.63) is 24.2 Å². The van der Waals surface area contributed by atoms with Crippen LogP contribution in [0.1, 0.15) is 38.9 Å². The molecule has 0 radical (unpaired) electrons. The number of carbonyl (C=O) groups is 1. The predicted octanol–water partition coefficient (Wildman–Crippen LogP) is 3.53. The van der Waals surface area contributed by atoms with E-state index in [-0.39, 0.29) is 11.3 Å². The molecule has 18 heavy (non-hydrogen) atoms. The molecule has 0 aliphatic carbocycles. The molecule has 1 N–H and O–H groups in total. The Morgan fingerprint density at radius 1 is 1.44 bits per heavy atom. The number of alkyl halides is 1. The van der Waals surface area contributed by atoms with Crippen molar-refractivity contribution in [3.8, 4) is 0 Å². The lowest BCUT2D eigenvalue weighted by Crippen LogP contribution is -2.38. The van der Waals surface area contributed by atoms with Crippen molar-refractivity contribution >= 4 is 21.8 Å². The Morgan fingerprint density at radius 3 is 2.67 bits per heavy atom. The molecule has 0 unspecified atom stereocenters. The van der Waals surface area contributed by atoms with Crippen LogP contribution in [0.25, 0.3) is 0 Å². The number of hydrogen-bond acceptors (Lipinski definition) is 2. The summed E-state index contributed by atoms with van der Waals surface area (Å²) < 4.78 is 5.21. The summed E-state index contributed by atoms with van der Waals surface area (Å²) in [6.07, 6.45) is 4.91. The third kappa shape index (κ3) is 4.48. The van der Waals surface area contributed by atoms with Crippen molar-refractivity contribution in [3.63, 3.8) is 0 Å². The van der Waals surface area contributed by atoms with E-state index in [2.05, 4.69) is 35.1 Å². The Labute approximate surface area is 117 Å². The van der Waals surface area contributed by atoms with Crippen LogP contribution in [0.2, 0.25) is 0 Å².